The van der Waals surface area contributed by atoms with E-state index in [-0.39, 0.29) is 18.6 Å². The Hall–Kier alpha value is -1.46. The van der Waals surface area contributed by atoms with Crippen molar-refractivity contribution in [1.29, 1.82) is 0 Å². The zero-order chi connectivity index (χ0) is 15.2. The van der Waals surface area contributed by atoms with E-state index in [1.54, 1.807) is 26.0 Å². The van der Waals surface area contributed by atoms with Gasteiger partial charge in [-0.3, -0.25) is 4.79 Å². The van der Waals surface area contributed by atoms with Gasteiger partial charge in [-0.2, -0.15) is 0 Å². The first-order valence-electron chi connectivity index (χ1n) is 6.60. The fourth-order valence-electron chi connectivity index (χ4n) is 3.29. The third kappa shape index (κ3) is 2.11. The van der Waals surface area contributed by atoms with Crippen LogP contribution in [-0.4, -0.2) is 39.8 Å². The van der Waals surface area contributed by atoms with E-state index in [0.717, 1.165) is 6.08 Å². The molecule has 0 aromatic carbocycles. The fraction of sp³-hybridized carbons (Fsp3) is 0.600. The van der Waals surface area contributed by atoms with Crippen molar-refractivity contribution in [3.63, 3.8) is 0 Å². The highest BCUT2D eigenvalue weighted by atomic mass is 16.5. The number of ether oxygens (including phenoxy) is 1. The number of Topliss-reactive ketones (excluding diaryl/α,β-unsaturated/α-hetero) is 1. The molecule has 0 spiro atoms. The molecule has 2 rings (SSSR count). The zero-order valence-electron chi connectivity index (χ0n) is 12.0. The SMILES string of the molecule is CC(C=C[C@]1(O)[C@@]2(C)CO[C@]1(C)CC(=O)C2)=CC(=O)O. The first kappa shape index (κ1) is 14.9. The van der Waals surface area contributed by atoms with Crippen LogP contribution in [0.25, 0.3) is 0 Å². The number of allylic oxidation sites excluding steroid dienone is 2. The zero-order valence-corrected chi connectivity index (χ0v) is 12.0. The summed E-state index contributed by atoms with van der Waals surface area (Å²) in [5.41, 5.74) is -2.37. The van der Waals surface area contributed by atoms with Gasteiger partial charge in [0.1, 0.15) is 17.0 Å². The van der Waals surface area contributed by atoms with Crippen molar-refractivity contribution in [2.45, 2.75) is 44.8 Å². The van der Waals surface area contributed by atoms with Gasteiger partial charge in [0.25, 0.3) is 0 Å². The van der Waals surface area contributed by atoms with Crippen molar-refractivity contribution in [2.75, 3.05) is 6.61 Å². The lowest BCUT2D eigenvalue weighted by Crippen LogP contribution is -2.60. The van der Waals surface area contributed by atoms with Gasteiger partial charge in [0.2, 0.25) is 0 Å². The van der Waals surface area contributed by atoms with Gasteiger partial charge >= 0.3 is 5.97 Å². The summed E-state index contributed by atoms with van der Waals surface area (Å²) in [6.07, 6.45) is 4.67. The van der Waals surface area contributed by atoms with Gasteiger partial charge < -0.3 is 14.9 Å². The third-order valence-electron chi connectivity index (χ3n) is 4.50. The lowest BCUT2D eigenvalue weighted by Gasteiger charge is -2.47. The Kier molecular flexibility index (Phi) is 3.38. The predicted molar refractivity (Wildman–Crippen MR) is 72.2 cm³/mol. The van der Waals surface area contributed by atoms with Crippen LogP contribution in [-0.2, 0) is 14.3 Å². The maximum absolute atomic E-state index is 11.8. The topological polar surface area (TPSA) is 83.8 Å². The summed E-state index contributed by atoms with van der Waals surface area (Å²) in [4.78, 5) is 22.4. The van der Waals surface area contributed by atoms with Gasteiger partial charge in [0, 0.05) is 24.3 Å². The molecule has 0 amide bonds. The minimum atomic E-state index is -1.28. The molecule has 0 unspecified atom stereocenters. The molecule has 1 aliphatic carbocycles. The van der Waals surface area contributed by atoms with Gasteiger partial charge in [-0.25, -0.2) is 4.79 Å². The molecule has 1 saturated heterocycles. The average molecular weight is 280 g/mol. The number of carbonyl (C=O) groups is 2. The Balaban J connectivity index is 2.36. The molecular formula is C15H20O5. The molecule has 20 heavy (non-hydrogen) atoms. The Morgan fingerprint density at radius 2 is 2.00 bits per heavy atom. The number of rotatable bonds is 3. The molecule has 2 bridgehead atoms. The van der Waals surface area contributed by atoms with E-state index >= 15 is 0 Å². The summed E-state index contributed by atoms with van der Waals surface area (Å²) >= 11 is 0. The average Bonchev–Trinajstić information content (AvgIpc) is 2.43. The van der Waals surface area contributed by atoms with Gasteiger partial charge in [-0.05, 0) is 25.5 Å². The molecule has 0 aromatic heterocycles. The van der Waals surface area contributed by atoms with Crippen molar-refractivity contribution in [3.05, 3.63) is 23.8 Å². The smallest absolute Gasteiger partial charge is 0.328 e. The highest BCUT2D eigenvalue weighted by Gasteiger charge is 2.67. The van der Waals surface area contributed by atoms with Crippen molar-refractivity contribution in [2.24, 2.45) is 5.41 Å². The molecule has 5 nitrogen and oxygen atoms in total. The van der Waals surface area contributed by atoms with Crippen LogP contribution in [0.15, 0.2) is 23.8 Å². The molecule has 0 radical (unpaired) electrons. The summed E-state index contributed by atoms with van der Waals surface area (Å²) in [6.45, 7) is 5.53. The molecule has 2 aliphatic rings. The number of carboxylic acid groups (broad SMARTS) is 1. The highest BCUT2D eigenvalue weighted by Crippen LogP contribution is 2.56. The summed E-state index contributed by atoms with van der Waals surface area (Å²) in [7, 11) is 0. The molecule has 110 valence electrons. The monoisotopic (exact) mass is 280 g/mol. The van der Waals surface area contributed by atoms with Crippen LogP contribution in [0, 0.1) is 5.41 Å². The van der Waals surface area contributed by atoms with Crippen LogP contribution in [0.2, 0.25) is 0 Å². The number of aliphatic carboxylic acids is 1. The van der Waals surface area contributed by atoms with Crippen molar-refractivity contribution in [1.82, 2.24) is 0 Å². The van der Waals surface area contributed by atoms with Crippen LogP contribution >= 0.6 is 0 Å². The molecule has 3 atom stereocenters. The van der Waals surface area contributed by atoms with Gasteiger partial charge in [-0.15, -0.1) is 0 Å². The van der Waals surface area contributed by atoms with Crippen molar-refractivity contribution >= 4 is 11.8 Å². The maximum Gasteiger partial charge on any atom is 0.328 e. The second-order valence-electron chi connectivity index (χ2n) is 6.30. The summed E-state index contributed by atoms with van der Waals surface area (Å²) < 4.78 is 5.71. The molecule has 1 heterocycles. The number of hydrogen-bond acceptors (Lipinski definition) is 4. The Labute approximate surface area is 117 Å². The minimum absolute atomic E-state index is 0.0865. The number of fused-ring (bicyclic) bond motifs is 2. The normalized spacial score (nSPS) is 41.4. The second-order valence-corrected chi connectivity index (χ2v) is 6.30. The van der Waals surface area contributed by atoms with E-state index in [4.69, 9.17) is 9.84 Å². The largest absolute Gasteiger partial charge is 0.478 e. The van der Waals surface area contributed by atoms with E-state index in [9.17, 15) is 14.7 Å². The number of carbonyl (C=O) groups excluding carboxylic acids is 1. The quantitative estimate of drug-likeness (QED) is 0.604. The van der Waals surface area contributed by atoms with Crippen molar-refractivity contribution < 1.29 is 24.5 Å². The van der Waals surface area contributed by atoms with Crippen LogP contribution in [0.3, 0.4) is 0 Å². The molecule has 5 heteroatoms. The second kappa shape index (κ2) is 4.53. The van der Waals surface area contributed by atoms with E-state index in [0.29, 0.717) is 12.2 Å². The minimum Gasteiger partial charge on any atom is -0.478 e. The first-order chi connectivity index (χ1) is 9.12. The third-order valence-corrected chi connectivity index (χ3v) is 4.50. The van der Waals surface area contributed by atoms with E-state index in [1.165, 1.54) is 0 Å². The van der Waals surface area contributed by atoms with E-state index in [1.807, 2.05) is 6.92 Å². The van der Waals surface area contributed by atoms with Crippen LogP contribution in [0.4, 0.5) is 0 Å². The fourth-order valence-corrected chi connectivity index (χ4v) is 3.29. The Morgan fingerprint density at radius 1 is 1.35 bits per heavy atom. The lowest BCUT2D eigenvalue weighted by atomic mass is 9.59. The molecule has 2 N–H and O–H groups in total. The summed E-state index contributed by atoms with van der Waals surface area (Å²) in [5, 5.41) is 19.7. The summed E-state index contributed by atoms with van der Waals surface area (Å²) in [6, 6.07) is 0. The standard InChI is InChI=1S/C15H20O5/c1-10(6-12(17)18)4-5-15(19)13(2)7-11(16)8-14(15,3)20-9-13/h4-6,19H,7-9H2,1-3H3,(H,17,18)/t13-,14-,15+/m1/s1. The van der Waals surface area contributed by atoms with Crippen molar-refractivity contribution in [3.8, 4) is 0 Å². The Morgan fingerprint density at radius 3 is 2.55 bits per heavy atom. The van der Waals surface area contributed by atoms with E-state index < -0.39 is 22.6 Å². The van der Waals surface area contributed by atoms with Gasteiger partial charge in [-0.1, -0.05) is 13.0 Å². The molecule has 1 saturated carbocycles. The van der Waals surface area contributed by atoms with E-state index in [2.05, 4.69) is 0 Å². The lowest BCUT2D eigenvalue weighted by molar-refractivity contribution is -0.151. The first-order valence-corrected chi connectivity index (χ1v) is 6.60. The van der Waals surface area contributed by atoms with Gasteiger partial charge in [0.15, 0.2) is 0 Å². The number of ketones is 1. The number of carboxylic acids is 1. The van der Waals surface area contributed by atoms with Crippen LogP contribution < -0.4 is 0 Å². The Bertz CT molecular complexity index is 496. The molecule has 1 aliphatic heterocycles. The van der Waals surface area contributed by atoms with Gasteiger partial charge in [0.05, 0.1) is 6.61 Å². The molecule has 0 aromatic rings. The molecular weight excluding hydrogens is 260 g/mol. The summed E-state index contributed by atoms with van der Waals surface area (Å²) in [5.74, 6) is -0.946. The predicted octanol–water partition coefficient (Wildman–Crippen LogP) is 1.46. The molecule has 2 fully saturated rings. The number of aliphatic hydroxyl groups is 1. The maximum atomic E-state index is 11.8. The number of hydrogen-bond donors (Lipinski definition) is 2. The van der Waals surface area contributed by atoms with Crippen LogP contribution in [0.1, 0.15) is 33.6 Å². The highest BCUT2D eigenvalue weighted by molar-refractivity contribution is 5.83. The van der Waals surface area contributed by atoms with Crippen LogP contribution in [0.5, 0.6) is 0 Å².